The molecule has 0 aliphatic carbocycles. The maximum Gasteiger partial charge on any atom is 0.193 e. The average molecular weight is 496 g/mol. The quantitative estimate of drug-likeness (QED) is 0.218. The first-order valence-corrected chi connectivity index (χ1v) is 10.5. The smallest absolute Gasteiger partial charge is 0.193 e. The Morgan fingerprint density at radius 2 is 2.00 bits per heavy atom. The Morgan fingerprint density at radius 1 is 1.15 bits per heavy atom. The predicted octanol–water partition coefficient (Wildman–Crippen LogP) is 2.68. The van der Waals surface area contributed by atoms with Crippen LogP contribution in [-0.4, -0.2) is 89.0 Å². The van der Waals surface area contributed by atoms with E-state index in [2.05, 4.69) is 27.0 Å². The van der Waals surface area contributed by atoms with E-state index in [0.717, 1.165) is 38.1 Å². The van der Waals surface area contributed by atoms with Crippen LogP contribution in [-0.2, 0) is 9.47 Å². The molecule has 0 spiro atoms. The highest BCUT2D eigenvalue weighted by Gasteiger charge is 2.24. The molecule has 2 saturated heterocycles. The second-order valence-corrected chi connectivity index (χ2v) is 7.90. The zero-order chi connectivity index (χ0) is 18.6. The lowest BCUT2D eigenvalue weighted by molar-refractivity contribution is 0.0536. The number of unbranched alkanes of at least 4 members (excludes halogenated alkanes) is 1. The third-order valence-corrected chi connectivity index (χ3v) is 5.51. The Morgan fingerprint density at radius 3 is 2.74 bits per heavy atom. The fourth-order valence-electron chi connectivity index (χ4n) is 4.04. The second-order valence-electron chi connectivity index (χ2n) is 7.90. The van der Waals surface area contributed by atoms with Crippen molar-refractivity contribution in [3.8, 4) is 0 Å². The number of ether oxygens (including phenoxy) is 2. The summed E-state index contributed by atoms with van der Waals surface area (Å²) in [6.07, 6.45) is 6.44. The van der Waals surface area contributed by atoms with Gasteiger partial charge in [0.25, 0.3) is 0 Å². The number of rotatable bonds is 10. The minimum atomic E-state index is 0. The van der Waals surface area contributed by atoms with Crippen molar-refractivity contribution in [2.24, 2.45) is 16.8 Å². The highest BCUT2D eigenvalue weighted by atomic mass is 127. The molecule has 6 nitrogen and oxygen atoms in total. The molecule has 2 fully saturated rings. The van der Waals surface area contributed by atoms with Crippen LogP contribution < -0.4 is 5.32 Å². The third kappa shape index (κ3) is 9.76. The van der Waals surface area contributed by atoms with Gasteiger partial charge in [-0.25, -0.2) is 0 Å². The number of aliphatic imine (C=N–C) groups is 1. The van der Waals surface area contributed by atoms with E-state index < -0.39 is 0 Å². The molecule has 2 unspecified atom stereocenters. The van der Waals surface area contributed by atoms with Crippen molar-refractivity contribution < 1.29 is 9.47 Å². The van der Waals surface area contributed by atoms with E-state index in [4.69, 9.17) is 9.47 Å². The first-order valence-electron chi connectivity index (χ1n) is 10.5. The van der Waals surface area contributed by atoms with Gasteiger partial charge in [-0.2, -0.15) is 0 Å². The fraction of sp³-hybridized carbons (Fsp3) is 0.950. The van der Waals surface area contributed by atoms with E-state index in [1.807, 2.05) is 7.05 Å². The van der Waals surface area contributed by atoms with Gasteiger partial charge in [-0.3, -0.25) is 4.99 Å². The molecule has 0 aromatic heterocycles. The molecule has 0 amide bonds. The van der Waals surface area contributed by atoms with Crippen molar-refractivity contribution in [1.82, 2.24) is 15.1 Å². The zero-order valence-corrected chi connectivity index (χ0v) is 20.0. The number of guanidine groups is 1. The van der Waals surface area contributed by atoms with E-state index >= 15 is 0 Å². The first-order chi connectivity index (χ1) is 12.7. The van der Waals surface area contributed by atoms with Crippen molar-refractivity contribution in [1.29, 1.82) is 0 Å². The molecule has 0 saturated carbocycles. The number of nitrogens with one attached hydrogen (secondary N) is 1. The van der Waals surface area contributed by atoms with Crippen LogP contribution in [0.5, 0.6) is 0 Å². The van der Waals surface area contributed by atoms with Crippen LogP contribution in [0, 0.1) is 11.8 Å². The van der Waals surface area contributed by atoms with Gasteiger partial charge in [0.15, 0.2) is 5.96 Å². The highest BCUT2D eigenvalue weighted by molar-refractivity contribution is 14.0. The number of halogens is 1. The Bertz CT molecular complexity index is 411. The maximum absolute atomic E-state index is 5.68. The molecule has 0 aromatic rings. The molecule has 160 valence electrons. The van der Waals surface area contributed by atoms with Gasteiger partial charge in [-0.1, -0.05) is 6.92 Å². The Labute approximate surface area is 183 Å². The van der Waals surface area contributed by atoms with Gasteiger partial charge >= 0.3 is 0 Å². The summed E-state index contributed by atoms with van der Waals surface area (Å²) in [6, 6.07) is 0. The summed E-state index contributed by atoms with van der Waals surface area (Å²) in [6.45, 7) is 11.5. The van der Waals surface area contributed by atoms with Crippen molar-refractivity contribution in [2.75, 3.05) is 73.2 Å². The maximum atomic E-state index is 5.68. The minimum Gasteiger partial charge on any atom is -0.382 e. The normalized spacial score (nSPS) is 24.1. The van der Waals surface area contributed by atoms with Crippen LogP contribution in [0.25, 0.3) is 0 Å². The van der Waals surface area contributed by atoms with Crippen molar-refractivity contribution in [2.45, 2.75) is 39.0 Å². The monoisotopic (exact) mass is 496 g/mol. The Kier molecular flexibility index (Phi) is 13.7. The molecule has 0 radical (unpaired) electrons. The van der Waals surface area contributed by atoms with Crippen molar-refractivity contribution >= 4 is 29.9 Å². The average Bonchev–Trinajstić information content (AvgIpc) is 3.10. The first kappa shape index (κ1) is 24.9. The largest absolute Gasteiger partial charge is 0.382 e. The topological polar surface area (TPSA) is 49.3 Å². The number of methoxy groups -OCH3 is 1. The lowest BCUT2D eigenvalue weighted by Gasteiger charge is -2.30. The van der Waals surface area contributed by atoms with Crippen molar-refractivity contribution in [3.63, 3.8) is 0 Å². The van der Waals surface area contributed by atoms with Crippen molar-refractivity contribution in [3.05, 3.63) is 0 Å². The number of likely N-dealkylation sites (tertiary alicyclic amines) is 2. The van der Waals surface area contributed by atoms with Gasteiger partial charge in [0.05, 0.1) is 19.8 Å². The fourth-order valence-corrected chi connectivity index (χ4v) is 4.04. The van der Waals surface area contributed by atoms with Crippen LogP contribution in [0.15, 0.2) is 4.99 Å². The molecule has 2 heterocycles. The molecule has 27 heavy (non-hydrogen) atoms. The highest BCUT2D eigenvalue weighted by Crippen LogP contribution is 2.17. The standard InChI is InChI=1S/C20H40N4O2.HI/c1-18-7-6-11-23(15-18)10-5-4-9-22-20(21-2)24-12-8-19(16-24)17-26-14-13-25-3;/h18-19H,4-17H2,1-3H3,(H,21,22);1H. The zero-order valence-electron chi connectivity index (χ0n) is 17.6. The SMILES string of the molecule is CN=C(NCCCCN1CCCC(C)C1)N1CCC(COCCOC)C1.I. The van der Waals surface area contributed by atoms with Gasteiger partial charge in [-0.15, -0.1) is 24.0 Å². The van der Waals surface area contributed by atoms with Crippen LogP contribution in [0.1, 0.15) is 39.0 Å². The molecule has 2 aliphatic heterocycles. The molecule has 0 bridgehead atoms. The van der Waals surface area contributed by atoms with E-state index in [9.17, 15) is 0 Å². The molecule has 7 heteroatoms. The molecule has 2 rings (SSSR count). The van der Waals surface area contributed by atoms with Gasteiger partial charge < -0.3 is 24.6 Å². The Hall–Kier alpha value is -0.120. The minimum absolute atomic E-state index is 0. The van der Waals surface area contributed by atoms with Crippen LogP contribution >= 0.6 is 24.0 Å². The van der Waals surface area contributed by atoms with Gasteiger partial charge in [0, 0.05) is 46.3 Å². The molecule has 2 atom stereocenters. The van der Waals surface area contributed by atoms with E-state index in [-0.39, 0.29) is 24.0 Å². The molecule has 0 aromatic carbocycles. The van der Waals surface area contributed by atoms with E-state index in [0.29, 0.717) is 19.1 Å². The van der Waals surface area contributed by atoms with E-state index in [1.165, 1.54) is 51.7 Å². The summed E-state index contributed by atoms with van der Waals surface area (Å²) in [5.74, 6) is 2.53. The summed E-state index contributed by atoms with van der Waals surface area (Å²) in [5.41, 5.74) is 0. The second kappa shape index (κ2) is 14.8. The van der Waals surface area contributed by atoms with E-state index in [1.54, 1.807) is 7.11 Å². The summed E-state index contributed by atoms with van der Waals surface area (Å²) in [4.78, 5) is 9.48. The lowest BCUT2D eigenvalue weighted by atomic mass is 10.0. The molecular formula is C20H41IN4O2. The predicted molar refractivity (Wildman–Crippen MR) is 123 cm³/mol. The van der Waals surface area contributed by atoms with Crippen LogP contribution in [0.2, 0.25) is 0 Å². The van der Waals surface area contributed by atoms with Gasteiger partial charge in [0.2, 0.25) is 0 Å². The summed E-state index contributed by atoms with van der Waals surface area (Å²) < 4.78 is 10.7. The number of piperidine rings is 1. The number of nitrogens with zero attached hydrogens (tertiary/aromatic N) is 3. The number of hydrogen-bond donors (Lipinski definition) is 1. The van der Waals surface area contributed by atoms with Gasteiger partial charge in [-0.05, 0) is 51.1 Å². The summed E-state index contributed by atoms with van der Waals surface area (Å²) in [7, 11) is 3.60. The molecule has 1 N–H and O–H groups in total. The van der Waals surface area contributed by atoms with Crippen LogP contribution in [0.4, 0.5) is 0 Å². The summed E-state index contributed by atoms with van der Waals surface area (Å²) in [5, 5.41) is 3.55. The summed E-state index contributed by atoms with van der Waals surface area (Å²) >= 11 is 0. The number of hydrogen-bond acceptors (Lipinski definition) is 4. The van der Waals surface area contributed by atoms with Gasteiger partial charge in [0.1, 0.15) is 0 Å². The third-order valence-electron chi connectivity index (χ3n) is 5.51. The molecular weight excluding hydrogens is 455 g/mol. The Balaban J connectivity index is 0.00000364. The lowest BCUT2D eigenvalue weighted by Crippen LogP contribution is -2.41. The van der Waals surface area contributed by atoms with Crippen LogP contribution in [0.3, 0.4) is 0 Å². The molecule has 2 aliphatic rings.